The van der Waals surface area contributed by atoms with Crippen molar-refractivity contribution in [1.29, 1.82) is 0 Å². The van der Waals surface area contributed by atoms with Crippen molar-refractivity contribution in [2.75, 3.05) is 33.4 Å². The summed E-state index contributed by atoms with van der Waals surface area (Å²) in [5.74, 6) is 0.731. The second-order valence-corrected chi connectivity index (χ2v) is 7.54. The van der Waals surface area contributed by atoms with Crippen molar-refractivity contribution in [3.8, 4) is 0 Å². The van der Waals surface area contributed by atoms with E-state index in [9.17, 15) is 0 Å². The average Bonchev–Trinajstić information content (AvgIpc) is 2.97. The lowest BCUT2D eigenvalue weighted by molar-refractivity contribution is 0.0341. The maximum absolute atomic E-state index is 6.13. The normalized spacial score (nSPS) is 15.1. The lowest BCUT2D eigenvalue weighted by Crippen LogP contribution is -2.38. The molecule has 1 fully saturated rings. The highest BCUT2D eigenvalue weighted by Crippen LogP contribution is 2.24. The topological polar surface area (TPSA) is 53.8 Å². The molecule has 0 unspecified atom stereocenters. The highest BCUT2D eigenvalue weighted by Gasteiger charge is 2.13. The molecule has 2 heterocycles. The Morgan fingerprint density at radius 1 is 1.10 bits per heavy atom. The van der Waals surface area contributed by atoms with Crippen LogP contribution in [0.5, 0.6) is 0 Å². The van der Waals surface area contributed by atoms with Crippen LogP contribution in [-0.2, 0) is 31.4 Å². The van der Waals surface area contributed by atoms with Gasteiger partial charge in [-0.1, -0.05) is 47.5 Å². The number of morpholine rings is 1. The van der Waals surface area contributed by atoms with Gasteiger partial charge in [-0.25, -0.2) is 0 Å². The fourth-order valence-corrected chi connectivity index (χ4v) is 3.63. The molecule has 29 heavy (non-hydrogen) atoms. The van der Waals surface area contributed by atoms with E-state index in [4.69, 9.17) is 27.9 Å². The minimum atomic E-state index is 0. The first-order valence-electron chi connectivity index (χ1n) is 9.39. The third-order valence-electron chi connectivity index (χ3n) is 4.94. The molecule has 0 amide bonds. The first-order chi connectivity index (χ1) is 13.6. The third kappa shape index (κ3) is 6.75. The lowest BCUT2D eigenvalue weighted by Gasteiger charge is -2.27. The summed E-state index contributed by atoms with van der Waals surface area (Å²) in [6.07, 6.45) is 0. The van der Waals surface area contributed by atoms with Gasteiger partial charge in [-0.15, -0.1) is 24.0 Å². The molecule has 2 aromatic rings. The number of halogens is 3. The number of nitrogens with one attached hydrogen (secondary N) is 2. The van der Waals surface area contributed by atoms with Crippen LogP contribution in [0, 0.1) is 0 Å². The third-order valence-corrected chi connectivity index (χ3v) is 5.78. The standard InChI is InChI=1S/C20H27Cl2N5O.HI/c1-23-20(25-13-17-11-18(21)19(22)26(17)2)24-12-15-5-3-4-6-16(15)14-27-7-9-28-10-8-27;/h3-6,11H,7-10,12-14H2,1-2H3,(H2,23,24,25);1H. The summed E-state index contributed by atoms with van der Waals surface area (Å²) >= 11 is 12.2. The smallest absolute Gasteiger partial charge is 0.191 e. The summed E-state index contributed by atoms with van der Waals surface area (Å²) in [6, 6.07) is 10.4. The lowest BCUT2D eigenvalue weighted by atomic mass is 10.1. The molecule has 160 valence electrons. The Balaban J connectivity index is 0.00000300. The van der Waals surface area contributed by atoms with Gasteiger partial charge in [-0.3, -0.25) is 9.89 Å². The van der Waals surface area contributed by atoms with E-state index in [-0.39, 0.29) is 24.0 Å². The maximum atomic E-state index is 6.13. The number of rotatable bonds is 6. The minimum absolute atomic E-state index is 0. The minimum Gasteiger partial charge on any atom is -0.379 e. The maximum Gasteiger partial charge on any atom is 0.191 e. The number of ether oxygens (including phenoxy) is 1. The van der Waals surface area contributed by atoms with Gasteiger partial charge in [0.2, 0.25) is 0 Å². The highest BCUT2D eigenvalue weighted by atomic mass is 127. The Bertz CT molecular complexity index is 821. The van der Waals surface area contributed by atoms with E-state index >= 15 is 0 Å². The molecule has 2 N–H and O–H groups in total. The van der Waals surface area contributed by atoms with Crippen molar-refractivity contribution in [1.82, 2.24) is 20.1 Å². The predicted molar refractivity (Wildman–Crippen MR) is 130 cm³/mol. The van der Waals surface area contributed by atoms with Crippen LogP contribution < -0.4 is 10.6 Å². The monoisotopic (exact) mass is 551 g/mol. The van der Waals surface area contributed by atoms with Gasteiger partial charge in [0, 0.05) is 46.0 Å². The van der Waals surface area contributed by atoms with Crippen LogP contribution in [0.2, 0.25) is 10.2 Å². The summed E-state index contributed by atoms with van der Waals surface area (Å²) in [6.45, 7) is 5.80. The molecular weight excluding hydrogens is 524 g/mol. The van der Waals surface area contributed by atoms with Crippen LogP contribution in [0.4, 0.5) is 0 Å². The van der Waals surface area contributed by atoms with Gasteiger partial charge >= 0.3 is 0 Å². The van der Waals surface area contributed by atoms with Gasteiger partial charge in [-0.2, -0.15) is 0 Å². The number of aliphatic imine (C=N–C) groups is 1. The zero-order valence-electron chi connectivity index (χ0n) is 16.8. The van der Waals surface area contributed by atoms with Gasteiger partial charge in [0.25, 0.3) is 0 Å². The molecule has 1 aromatic carbocycles. The van der Waals surface area contributed by atoms with Crippen LogP contribution in [0.1, 0.15) is 16.8 Å². The molecule has 0 saturated carbocycles. The molecular formula is C20H28Cl2IN5O. The van der Waals surface area contributed by atoms with Gasteiger partial charge < -0.3 is 19.9 Å². The molecule has 1 aromatic heterocycles. The van der Waals surface area contributed by atoms with E-state index in [2.05, 4.69) is 44.8 Å². The Labute approximate surface area is 199 Å². The van der Waals surface area contributed by atoms with Crippen molar-refractivity contribution < 1.29 is 4.74 Å². The zero-order chi connectivity index (χ0) is 19.9. The summed E-state index contributed by atoms with van der Waals surface area (Å²) in [5, 5.41) is 7.80. The van der Waals surface area contributed by atoms with Crippen LogP contribution in [0.3, 0.4) is 0 Å². The van der Waals surface area contributed by atoms with E-state index in [0.717, 1.165) is 44.5 Å². The molecule has 9 heteroatoms. The van der Waals surface area contributed by atoms with E-state index in [0.29, 0.717) is 23.3 Å². The average molecular weight is 552 g/mol. The SMILES string of the molecule is CN=C(NCc1ccccc1CN1CCOCC1)NCc1cc(Cl)c(Cl)n1C.I. The van der Waals surface area contributed by atoms with E-state index in [1.54, 1.807) is 7.05 Å². The van der Waals surface area contributed by atoms with Crippen LogP contribution >= 0.6 is 47.2 Å². The number of aromatic nitrogens is 1. The van der Waals surface area contributed by atoms with Crippen molar-refractivity contribution in [2.24, 2.45) is 12.0 Å². The Morgan fingerprint density at radius 3 is 2.38 bits per heavy atom. The molecule has 0 spiro atoms. The first kappa shape index (κ1) is 24.3. The highest BCUT2D eigenvalue weighted by molar-refractivity contribution is 14.0. The van der Waals surface area contributed by atoms with Crippen LogP contribution in [-0.4, -0.2) is 48.8 Å². The number of hydrogen-bond donors (Lipinski definition) is 2. The second-order valence-electron chi connectivity index (χ2n) is 6.77. The van der Waals surface area contributed by atoms with E-state index < -0.39 is 0 Å². The summed E-state index contributed by atoms with van der Waals surface area (Å²) in [4.78, 5) is 6.74. The Morgan fingerprint density at radius 2 is 1.76 bits per heavy atom. The molecule has 0 bridgehead atoms. The summed E-state index contributed by atoms with van der Waals surface area (Å²) in [5.41, 5.74) is 3.58. The number of hydrogen-bond acceptors (Lipinski definition) is 3. The first-order valence-corrected chi connectivity index (χ1v) is 10.1. The summed E-state index contributed by atoms with van der Waals surface area (Å²) < 4.78 is 7.31. The molecule has 0 atom stereocenters. The van der Waals surface area contributed by atoms with Gasteiger partial charge in [0.05, 0.1) is 24.8 Å². The van der Waals surface area contributed by atoms with Crippen LogP contribution in [0.25, 0.3) is 0 Å². The van der Waals surface area contributed by atoms with Crippen molar-refractivity contribution in [2.45, 2.75) is 19.6 Å². The molecule has 1 saturated heterocycles. The Kier molecular flexibility index (Phi) is 10.0. The van der Waals surface area contributed by atoms with Gasteiger partial charge in [0.15, 0.2) is 5.96 Å². The fraction of sp³-hybridized carbons (Fsp3) is 0.450. The van der Waals surface area contributed by atoms with E-state index in [1.807, 2.05) is 17.7 Å². The quantitative estimate of drug-likeness (QED) is 0.327. The predicted octanol–water partition coefficient (Wildman–Crippen LogP) is 3.65. The number of nitrogens with zero attached hydrogens (tertiary/aromatic N) is 3. The molecule has 0 aliphatic carbocycles. The Hall–Kier alpha value is -1.000. The largest absolute Gasteiger partial charge is 0.379 e. The molecule has 1 aliphatic heterocycles. The zero-order valence-corrected chi connectivity index (χ0v) is 20.6. The van der Waals surface area contributed by atoms with Gasteiger partial charge in [0.1, 0.15) is 5.15 Å². The fourth-order valence-electron chi connectivity index (χ4n) is 3.22. The van der Waals surface area contributed by atoms with E-state index in [1.165, 1.54) is 11.1 Å². The van der Waals surface area contributed by atoms with Crippen LogP contribution in [0.15, 0.2) is 35.3 Å². The van der Waals surface area contributed by atoms with Gasteiger partial charge in [-0.05, 0) is 17.2 Å². The van der Waals surface area contributed by atoms with Crippen molar-refractivity contribution in [3.63, 3.8) is 0 Å². The number of benzene rings is 1. The molecule has 0 radical (unpaired) electrons. The molecule has 3 rings (SSSR count). The van der Waals surface area contributed by atoms with Crippen molar-refractivity contribution in [3.05, 3.63) is 57.3 Å². The number of guanidine groups is 1. The molecule has 1 aliphatic rings. The second kappa shape index (κ2) is 12.0. The molecule has 6 nitrogen and oxygen atoms in total. The van der Waals surface area contributed by atoms with Crippen molar-refractivity contribution >= 4 is 53.1 Å². The summed E-state index contributed by atoms with van der Waals surface area (Å²) in [7, 11) is 3.66.